The first-order chi connectivity index (χ1) is 8.42. The molecule has 0 atom stereocenters. The summed E-state index contributed by atoms with van der Waals surface area (Å²) in [5.41, 5.74) is 0. The molecule has 0 nitrogen and oxygen atoms in total. The molecule has 0 bridgehead atoms. The van der Waals surface area contributed by atoms with Crippen molar-refractivity contribution < 1.29 is 98.1 Å². The van der Waals surface area contributed by atoms with E-state index in [9.17, 15) is 0 Å². The van der Waals surface area contributed by atoms with E-state index in [1.54, 1.807) is 0 Å². The monoisotopic (exact) mass is 555 g/mol. The largest absolute Gasteiger partial charge is 0.358 e. The second-order valence-electron chi connectivity index (χ2n) is 5.77. The maximum Gasteiger partial charge on any atom is 0 e. The Kier molecular flexibility index (Phi) is 97.5. The van der Waals surface area contributed by atoms with Gasteiger partial charge in [-0.25, -0.2) is 0 Å². The Morgan fingerprint density at radius 3 is 0.478 bits per heavy atom. The summed E-state index contributed by atoms with van der Waals surface area (Å²) < 4.78 is 0. The van der Waals surface area contributed by atoms with Crippen LogP contribution in [0.1, 0.15) is 101 Å². The maximum absolute atomic E-state index is 2.28. The molecular weight excluding hydrogens is 507 g/mol. The van der Waals surface area contributed by atoms with Crippen LogP contribution < -0.4 is 0 Å². The number of hydrogen-bond donors (Lipinski definition) is 0. The van der Waals surface area contributed by atoms with Crippen LogP contribution >= 0.6 is 0 Å². The Morgan fingerprint density at radius 2 is 0.478 bits per heavy atom. The molecule has 0 amide bonds. The number of rotatable bonds is 6. The molecule has 0 aliphatic heterocycles. The van der Waals surface area contributed by atoms with E-state index in [1.807, 2.05) is 0 Å². The van der Waals surface area contributed by atoms with E-state index in [-0.39, 0.29) is 113 Å². The van der Waals surface area contributed by atoms with Crippen molar-refractivity contribution >= 4 is 0 Å². The molecule has 0 fully saturated rings. The summed E-state index contributed by atoms with van der Waals surface area (Å²) in [7, 11) is 0. The van der Waals surface area contributed by atoms with Crippen LogP contribution in [-0.4, -0.2) is 0 Å². The van der Waals surface area contributed by atoms with Crippen LogP contribution in [0.3, 0.4) is 0 Å². The van der Waals surface area contributed by atoms with E-state index < -0.39 is 0 Å². The molecule has 0 aromatic heterocycles. The standard InChI is InChI=1S/3C6H14.2CH3.3Y/c3*1-4-6(3)5-2;;;;;/h3*6H,4-5H2,1-3H3;2*1H3;;;/q;;;2*-1;;;. The third kappa shape index (κ3) is 58.7. The molecule has 0 unspecified atom stereocenters. The predicted molar refractivity (Wildman–Crippen MR) is 102 cm³/mol. The van der Waals surface area contributed by atoms with Crippen molar-refractivity contribution in [3.63, 3.8) is 0 Å². The van der Waals surface area contributed by atoms with Crippen molar-refractivity contribution in [1.82, 2.24) is 0 Å². The first-order valence-corrected chi connectivity index (χ1v) is 8.42. The van der Waals surface area contributed by atoms with Gasteiger partial charge in [0.25, 0.3) is 0 Å². The van der Waals surface area contributed by atoms with Crippen molar-refractivity contribution in [3.8, 4) is 0 Å². The van der Waals surface area contributed by atoms with Gasteiger partial charge >= 0.3 is 0 Å². The van der Waals surface area contributed by atoms with Crippen LogP contribution in [0.2, 0.25) is 0 Å². The van der Waals surface area contributed by atoms with Gasteiger partial charge < -0.3 is 14.9 Å². The molecule has 0 aromatic carbocycles. The normalized spacial score (nSPS) is 7.83. The fourth-order valence-electron chi connectivity index (χ4n) is 0.866. The average Bonchev–Trinajstić information content (AvgIpc) is 2.45. The minimum Gasteiger partial charge on any atom is -0.358 e. The third-order valence-corrected chi connectivity index (χ3v) is 4.18. The van der Waals surface area contributed by atoms with Crippen LogP contribution in [0, 0.1) is 32.6 Å². The van der Waals surface area contributed by atoms with Gasteiger partial charge in [-0.05, 0) is 17.8 Å². The SMILES string of the molecule is CCC(C)CC.CCC(C)CC.CCC(C)CC.[CH3-].[CH3-].[Y].[Y].[Y]. The Labute approximate surface area is 228 Å². The smallest absolute Gasteiger partial charge is 0 e. The second kappa shape index (κ2) is 44.6. The first kappa shape index (κ1) is 50.3. The summed E-state index contributed by atoms with van der Waals surface area (Å²) in [5.74, 6) is 2.81. The van der Waals surface area contributed by atoms with Crippen molar-refractivity contribution in [2.24, 2.45) is 17.8 Å². The zero-order valence-electron chi connectivity index (χ0n) is 18.7. The van der Waals surface area contributed by atoms with Gasteiger partial charge in [0.05, 0.1) is 0 Å². The van der Waals surface area contributed by atoms with Gasteiger partial charge in [0, 0.05) is 98.1 Å². The van der Waals surface area contributed by atoms with Gasteiger partial charge in [0.2, 0.25) is 0 Å². The van der Waals surface area contributed by atoms with Crippen LogP contribution in [0.5, 0.6) is 0 Å². The number of hydrogen-bond acceptors (Lipinski definition) is 0. The Hall–Kier alpha value is 3.31. The van der Waals surface area contributed by atoms with E-state index in [0.717, 1.165) is 17.8 Å². The zero-order valence-corrected chi connectivity index (χ0v) is 27.2. The van der Waals surface area contributed by atoms with Gasteiger partial charge in [-0.1, -0.05) is 101 Å². The van der Waals surface area contributed by atoms with E-state index in [0.29, 0.717) is 0 Å². The van der Waals surface area contributed by atoms with Gasteiger partial charge in [-0.15, -0.1) is 0 Å². The van der Waals surface area contributed by atoms with Crippen LogP contribution in [0.4, 0.5) is 0 Å². The van der Waals surface area contributed by atoms with Gasteiger partial charge in [-0.3, -0.25) is 0 Å². The molecule has 0 heterocycles. The molecule has 0 saturated carbocycles. The molecule has 3 heteroatoms. The Balaban J connectivity index is -0.0000000221. The summed E-state index contributed by atoms with van der Waals surface area (Å²) in [6.07, 6.45) is 7.98. The minimum absolute atomic E-state index is 0. The Morgan fingerprint density at radius 1 is 0.391 bits per heavy atom. The maximum atomic E-state index is 2.28. The van der Waals surface area contributed by atoms with Crippen molar-refractivity contribution in [1.29, 1.82) is 0 Å². The molecule has 0 rings (SSSR count). The molecule has 0 aliphatic rings. The molecule has 0 saturated heterocycles. The minimum atomic E-state index is 0. The molecule has 0 aromatic rings. The van der Waals surface area contributed by atoms with Crippen LogP contribution in [-0.2, 0) is 98.1 Å². The van der Waals surface area contributed by atoms with Crippen LogP contribution in [0.25, 0.3) is 0 Å². The molecule has 0 aliphatic carbocycles. The van der Waals surface area contributed by atoms with Crippen LogP contribution in [0.15, 0.2) is 0 Å². The quantitative estimate of drug-likeness (QED) is 0.290. The zero-order chi connectivity index (χ0) is 15.0. The summed E-state index contributed by atoms with van der Waals surface area (Å²) in [4.78, 5) is 0. The Bertz CT molecular complexity index is 94.3. The van der Waals surface area contributed by atoms with Gasteiger partial charge in [0.15, 0.2) is 0 Å². The van der Waals surface area contributed by atoms with E-state index in [2.05, 4.69) is 62.3 Å². The van der Waals surface area contributed by atoms with Gasteiger partial charge in [-0.2, -0.15) is 0 Å². The molecule has 139 valence electrons. The van der Waals surface area contributed by atoms with Crippen molar-refractivity contribution in [2.45, 2.75) is 101 Å². The third-order valence-electron chi connectivity index (χ3n) is 4.18. The van der Waals surface area contributed by atoms with E-state index in [1.165, 1.54) is 38.5 Å². The predicted octanol–water partition coefficient (Wildman–Crippen LogP) is 8.22. The molecule has 0 N–H and O–H groups in total. The summed E-state index contributed by atoms with van der Waals surface area (Å²) >= 11 is 0. The van der Waals surface area contributed by atoms with Crippen molar-refractivity contribution in [3.05, 3.63) is 14.9 Å². The molecule has 0 spiro atoms. The fourth-order valence-corrected chi connectivity index (χ4v) is 0.866. The topological polar surface area (TPSA) is 0 Å². The molecule has 23 heavy (non-hydrogen) atoms. The summed E-state index contributed by atoms with van der Waals surface area (Å²) in [6.45, 7) is 20.2. The van der Waals surface area contributed by atoms with E-state index in [4.69, 9.17) is 0 Å². The molecule has 3 radical (unpaired) electrons. The average molecular weight is 555 g/mol. The van der Waals surface area contributed by atoms with Crippen molar-refractivity contribution in [2.75, 3.05) is 0 Å². The second-order valence-corrected chi connectivity index (χ2v) is 5.77. The summed E-state index contributed by atoms with van der Waals surface area (Å²) in [5, 5.41) is 0. The molecular formula is C20H48Y3-2. The fraction of sp³-hybridized carbons (Fsp3) is 0.900. The van der Waals surface area contributed by atoms with Gasteiger partial charge in [0.1, 0.15) is 0 Å². The summed E-state index contributed by atoms with van der Waals surface area (Å²) in [6, 6.07) is 0. The first-order valence-electron chi connectivity index (χ1n) is 8.42. The van der Waals surface area contributed by atoms with E-state index >= 15 is 0 Å².